The lowest BCUT2D eigenvalue weighted by Crippen LogP contribution is -2.37. The summed E-state index contributed by atoms with van der Waals surface area (Å²) in [5, 5.41) is 2.62. The van der Waals surface area contributed by atoms with E-state index in [-0.39, 0.29) is 12.4 Å². The highest BCUT2D eigenvalue weighted by molar-refractivity contribution is 9.09. The first-order valence-corrected chi connectivity index (χ1v) is 10.6. The second kappa shape index (κ2) is 10.0. The number of rotatable bonds is 6. The third kappa shape index (κ3) is 5.40. The normalized spacial score (nSPS) is 22.2. The number of alkyl halides is 1. The summed E-state index contributed by atoms with van der Waals surface area (Å²) < 4.78 is 17.4. The summed E-state index contributed by atoms with van der Waals surface area (Å²) in [5.74, 6) is -1.36. The SMILES string of the molecule is CC(=O)OC[C@H]1O[C@@H](n2cc(C)c(NC(=O)c3ccccc3)nc2=O)[C@H](OC(C)=O)[C@H]1Br. The average molecular weight is 508 g/mol. The molecule has 170 valence electrons. The van der Waals surface area contributed by atoms with Crippen LogP contribution in [0.2, 0.25) is 0 Å². The molecule has 1 fully saturated rings. The zero-order valence-electron chi connectivity index (χ0n) is 17.6. The average Bonchev–Trinajstić information content (AvgIpc) is 3.04. The minimum absolute atomic E-state index is 0.0914. The van der Waals surface area contributed by atoms with E-state index >= 15 is 0 Å². The number of nitrogens with zero attached hydrogens (tertiary/aromatic N) is 2. The number of halogens is 1. The molecule has 1 aromatic carbocycles. The van der Waals surface area contributed by atoms with Gasteiger partial charge in [-0.05, 0) is 19.1 Å². The maximum Gasteiger partial charge on any atom is 0.351 e. The second-order valence-corrected chi connectivity index (χ2v) is 8.23. The molecule has 1 aromatic heterocycles. The lowest BCUT2D eigenvalue weighted by atomic mass is 10.2. The van der Waals surface area contributed by atoms with Crippen molar-refractivity contribution in [2.75, 3.05) is 11.9 Å². The molecule has 2 aromatic rings. The van der Waals surface area contributed by atoms with E-state index in [2.05, 4.69) is 26.2 Å². The Labute approximate surface area is 192 Å². The summed E-state index contributed by atoms with van der Waals surface area (Å²) in [5.41, 5.74) is 0.199. The van der Waals surface area contributed by atoms with Gasteiger partial charge in [0.05, 0.1) is 4.83 Å². The smallest absolute Gasteiger partial charge is 0.351 e. The molecule has 0 unspecified atom stereocenters. The first kappa shape index (κ1) is 23.6. The Hall–Kier alpha value is -3.05. The van der Waals surface area contributed by atoms with E-state index < -0.39 is 46.8 Å². The van der Waals surface area contributed by atoms with Crippen molar-refractivity contribution in [2.24, 2.45) is 0 Å². The number of benzene rings is 1. The zero-order valence-corrected chi connectivity index (χ0v) is 19.2. The maximum atomic E-state index is 12.8. The summed E-state index contributed by atoms with van der Waals surface area (Å²) in [6.07, 6.45) is -1.10. The van der Waals surface area contributed by atoms with Crippen LogP contribution in [0.15, 0.2) is 41.3 Å². The van der Waals surface area contributed by atoms with Gasteiger partial charge in [0, 0.05) is 31.2 Å². The summed E-state index contributed by atoms with van der Waals surface area (Å²) >= 11 is 3.42. The van der Waals surface area contributed by atoms with Crippen LogP contribution in [0.4, 0.5) is 5.82 Å². The van der Waals surface area contributed by atoms with Crippen LogP contribution in [0.25, 0.3) is 0 Å². The van der Waals surface area contributed by atoms with Crippen molar-refractivity contribution < 1.29 is 28.6 Å². The molecule has 4 atom stereocenters. The van der Waals surface area contributed by atoms with Crippen molar-refractivity contribution in [1.29, 1.82) is 0 Å². The van der Waals surface area contributed by atoms with Gasteiger partial charge in [-0.3, -0.25) is 19.0 Å². The number of hydrogen-bond donors (Lipinski definition) is 1. The number of hydrogen-bond acceptors (Lipinski definition) is 8. The van der Waals surface area contributed by atoms with Gasteiger partial charge >= 0.3 is 17.6 Å². The van der Waals surface area contributed by atoms with Gasteiger partial charge in [-0.2, -0.15) is 4.98 Å². The monoisotopic (exact) mass is 507 g/mol. The Bertz CT molecular complexity index is 1070. The fourth-order valence-electron chi connectivity index (χ4n) is 3.21. The number of nitrogens with one attached hydrogen (secondary N) is 1. The summed E-state index contributed by atoms with van der Waals surface area (Å²) in [7, 11) is 0. The maximum absolute atomic E-state index is 12.8. The van der Waals surface area contributed by atoms with Gasteiger partial charge in [-0.1, -0.05) is 34.1 Å². The van der Waals surface area contributed by atoms with Gasteiger partial charge in [0.15, 0.2) is 12.3 Å². The molecule has 1 saturated heterocycles. The fraction of sp³-hybridized carbons (Fsp3) is 0.381. The fourth-order valence-corrected chi connectivity index (χ4v) is 3.86. The van der Waals surface area contributed by atoms with Crippen LogP contribution in [0.5, 0.6) is 0 Å². The van der Waals surface area contributed by atoms with Crippen LogP contribution >= 0.6 is 15.9 Å². The Morgan fingerprint density at radius 1 is 1.19 bits per heavy atom. The molecule has 1 aliphatic rings. The van der Waals surface area contributed by atoms with Crippen molar-refractivity contribution in [3.8, 4) is 0 Å². The molecule has 1 aliphatic heterocycles. The zero-order chi connectivity index (χ0) is 23.4. The quantitative estimate of drug-likeness (QED) is 0.464. The number of carbonyl (C=O) groups excluding carboxylic acids is 3. The van der Waals surface area contributed by atoms with Gasteiger partial charge in [-0.25, -0.2) is 4.79 Å². The highest BCUT2D eigenvalue weighted by Crippen LogP contribution is 2.36. The molecule has 1 amide bonds. The third-order valence-electron chi connectivity index (χ3n) is 4.69. The highest BCUT2D eigenvalue weighted by atomic mass is 79.9. The second-order valence-electron chi connectivity index (χ2n) is 7.17. The molecule has 0 spiro atoms. The molecule has 0 radical (unpaired) electrons. The van der Waals surface area contributed by atoms with Gasteiger partial charge in [0.2, 0.25) is 0 Å². The molecule has 0 bridgehead atoms. The molecular weight excluding hydrogens is 486 g/mol. The van der Waals surface area contributed by atoms with Crippen LogP contribution in [0.3, 0.4) is 0 Å². The number of anilines is 1. The topological polar surface area (TPSA) is 126 Å². The Morgan fingerprint density at radius 3 is 2.50 bits per heavy atom. The lowest BCUT2D eigenvalue weighted by molar-refractivity contribution is -0.153. The molecule has 0 aliphatic carbocycles. The van der Waals surface area contributed by atoms with E-state index in [0.29, 0.717) is 11.1 Å². The van der Waals surface area contributed by atoms with Crippen molar-refractivity contribution >= 4 is 39.6 Å². The van der Waals surface area contributed by atoms with Crippen LogP contribution in [0, 0.1) is 6.92 Å². The minimum Gasteiger partial charge on any atom is -0.463 e. The predicted octanol–water partition coefficient (Wildman–Crippen LogP) is 1.96. The van der Waals surface area contributed by atoms with Crippen LogP contribution < -0.4 is 11.0 Å². The van der Waals surface area contributed by atoms with Crippen molar-refractivity contribution in [3.63, 3.8) is 0 Å². The summed E-state index contributed by atoms with van der Waals surface area (Å²) in [6, 6.07) is 8.52. The van der Waals surface area contributed by atoms with E-state index in [4.69, 9.17) is 14.2 Å². The number of aryl methyl sites for hydroxylation is 1. The van der Waals surface area contributed by atoms with E-state index in [0.717, 1.165) is 0 Å². The Balaban J connectivity index is 1.87. The summed E-state index contributed by atoms with van der Waals surface area (Å²) in [6.45, 7) is 4.08. The van der Waals surface area contributed by atoms with Crippen molar-refractivity contribution in [1.82, 2.24) is 9.55 Å². The first-order valence-electron chi connectivity index (χ1n) is 9.73. The van der Waals surface area contributed by atoms with Crippen molar-refractivity contribution in [2.45, 2.75) is 44.0 Å². The van der Waals surface area contributed by atoms with Crippen LogP contribution in [-0.4, -0.2) is 51.0 Å². The molecule has 2 heterocycles. The summed E-state index contributed by atoms with van der Waals surface area (Å²) in [4.78, 5) is 51.4. The number of esters is 2. The van der Waals surface area contributed by atoms with Crippen LogP contribution in [-0.2, 0) is 23.8 Å². The molecule has 10 nitrogen and oxygen atoms in total. The minimum atomic E-state index is -1.01. The standard InChI is InChI=1S/C21H22BrN3O7/c1-11-9-25(21(29)24-18(11)23-19(28)14-7-5-4-6-8-14)20-17(31-13(3)27)16(22)15(32-20)10-30-12(2)26/h4-9,15-17,20H,10H2,1-3H3,(H,23,24,28,29)/t15-,16+,17-,20-/m1/s1. The third-order valence-corrected chi connectivity index (χ3v) is 5.80. The predicted molar refractivity (Wildman–Crippen MR) is 116 cm³/mol. The largest absolute Gasteiger partial charge is 0.463 e. The van der Waals surface area contributed by atoms with Gasteiger partial charge in [0.1, 0.15) is 18.5 Å². The number of ether oxygens (including phenoxy) is 3. The van der Waals surface area contributed by atoms with E-state index in [9.17, 15) is 19.2 Å². The van der Waals surface area contributed by atoms with Crippen LogP contribution in [0.1, 0.15) is 36.0 Å². The number of carbonyl (C=O) groups is 3. The van der Waals surface area contributed by atoms with E-state index in [1.54, 1.807) is 37.3 Å². The van der Waals surface area contributed by atoms with Crippen molar-refractivity contribution in [3.05, 3.63) is 58.1 Å². The molecule has 0 saturated carbocycles. The van der Waals surface area contributed by atoms with E-state index in [1.807, 2.05) is 0 Å². The molecule has 1 N–H and O–H groups in total. The highest BCUT2D eigenvalue weighted by Gasteiger charge is 2.47. The lowest BCUT2D eigenvalue weighted by Gasteiger charge is -2.22. The van der Waals surface area contributed by atoms with E-state index in [1.165, 1.54) is 24.6 Å². The molecule has 3 rings (SSSR count). The molecule has 32 heavy (non-hydrogen) atoms. The Kier molecular flexibility index (Phi) is 7.41. The first-order chi connectivity index (χ1) is 15.2. The van der Waals surface area contributed by atoms with Gasteiger partial charge in [0.25, 0.3) is 5.91 Å². The molecular formula is C21H22BrN3O7. The Morgan fingerprint density at radius 2 is 1.88 bits per heavy atom. The molecule has 11 heteroatoms. The number of aromatic nitrogens is 2. The van der Waals surface area contributed by atoms with Gasteiger partial charge < -0.3 is 19.5 Å². The number of amides is 1. The van der Waals surface area contributed by atoms with Gasteiger partial charge in [-0.15, -0.1) is 0 Å².